The molecular weight excluding hydrogens is 300 g/mol. The van der Waals surface area contributed by atoms with Crippen LogP contribution >= 0.6 is 11.8 Å². The first-order valence-corrected chi connectivity index (χ1v) is 8.31. The molecule has 2 aromatic rings. The third kappa shape index (κ3) is 3.20. The highest BCUT2D eigenvalue weighted by Crippen LogP contribution is 2.33. The average Bonchev–Trinajstić information content (AvgIpc) is 3.01. The number of nitrogens with two attached hydrogens (primary N) is 1. The summed E-state index contributed by atoms with van der Waals surface area (Å²) in [5.41, 5.74) is 7.33. The van der Waals surface area contributed by atoms with Crippen LogP contribution in [0.25, 0.3) is 0 Å². The number of nitrogens with zero attached hydrogens (tertiary/aromatic N) is 3. The maximum atomic E-state index is 6.30. The molecule has 7 heteroatoms. The molecule has 0 fully saturated rings. The van der Waals surface area contributed by atoms with E-state index in [1.807, 2.05) is 22.8 Å². The molecule has 1 aliphatic heterocycles. The second kappa shape index (κ2) is 6.58. The van der Waals surface area contributed by atoms with Crippen molar-refractivity contribution >= 4 is 11.8 Å². The highest BCUT2D eigenvalue weighted by atomic mass is 32.2. The van der Waals surface area contributed by atoms with Crippen molar-refractivity contribution in [2.24, 2.45) is 5.73 Å². The van der Waals surface area contributed by atoms with Gasteiger partial charge in [0.25, 0.3) is 0 Å². The number of hydrogen-bond acceptors (Lipinski definition) is 6. The van der Waals surface area contributed by atoms with Crippen molar-refractivity contribution in [2.75, 3.05) is 19.0 Å². The average molecular weight is 320 g/mol. The predicted octanol–water partition coefficient (Wildman–Crippen LogP) is 2.42. The molecule has 2 heterocycles. The summed E-state index contributed by atoms with van der Waals surface area (Å²) >= 11 is 1.61. The van der Waals surface area contributed by atoms with Crippen molar-refractivity contribution in [3.8, 4) is 11.5 Å². The van der Waals surface area contributed by atoms with E-state index in [1.54, 1.807) is 18.1 Å². The number of ether oxygens (including phenoxy) is 2. The van der Waals surface area contributed by atoms with Gasteiger partial charge in [-0.2, -0.15) is 0 Å². The summed E-state index contributed by atoms with van der Waals surface area (Å²) in [6.45, 7) is 5.39. The lowest BCUT2D eigenvalue weighted by molar-refractivity contribution is 0.171. The number of aromatic nitrogens is 3. The third-order valence-corrected chi connectivity index (χ3v) is 4.56. The van der Waals surface area contributed by atoms with Gasteiger partial charge in [0, 0.05) is 17.8 Å². The minimum absolute atomic E-state index is 0.0989. The van der Waals surface area contributed by atoms with E-state index in [2.05, 4.69) is 24.0 Å². The monoisotopic (exact) mass is 320 g/mol. The molecule has 0 bridgehead atoms. The van der Waals surface area contributed by atoms with Gasteiger partial charge in [-0.15, -0.1) is 10.2 Å². The van der Waals surface area contributed by atoms with E-state index in [0.29, 0.717) is 19.3 Å². The fourth-order valence-corrected chi connectivity index (χ4v) is 3.27. The Bertz CT molecular complexity index is 644. The van der Waals surface area contributed by atoms with Crippen LogP contribution in [-0.4, -0.2) is 33.7 Å². The van der Waals surface area contributed by atoms with Crippen LogP contribution in [0.3, 0.4) is 0 Å². The molecule has 1 aromatic carbocycles. The predicted molar refractivity (Wildman–Crippen MR) is 85.5 cm³/mol. The molecule has 1 aromatic heterocycles. The summed E-state index contributed by atoms with van der Waals surface area (Å²) in [6, 6.07) is 6.12. The normalized spacial score (nSPS) is 15.1. The fourth-order valence-electron chi connectivity index (χ4n) is 2.24. The van der Waals surface area contributed by atoms with Crippen LogP contribution in [0.4, 0.5) is 0 Å². The molecular formula is C15H20N4O2S. The van der Waals surface area contributed by atoms with Crippen molar-refractivity contribution in [3.63, 3.8) is 0 Å². The van der Waals surface area contributed by atoms with Crippen LogP contribution in [-0.2, 0) is 0 Å². The molecule has 0 saturated heterocycles. The Balaban J connectivity index is 1.67. The first kappa shape index (κ1) is 15.2. The second-order valence-electron chi connectivity index (χ2n) is 5.44. The number of benzene rings is 1. The first-order valence-electron chi connectivity index (χ1n) is 7.32. The molecule has 0 saturated carbocycles. The van der Waals surface area contributed by atoms with E-state index in [4.69, 9.17) is 15.2 Å². The molecule has 1 unspecified atom stereocenters. The molecule has 3 rings (SSSR count). The Labute approximate surface area is 134 Å². The number of thioether (sulfide) groups is 1. The molecule has 0 spiro atoms. The van der Waals surface area contributed by atoms with Crippen LogP contribution < -0.4 is 15.2 Å². The Morgan fingerprint density at radius 1 is 1.27 bits per heavy atom. The topological polar surface area (TPSA) is 75.2 Å². The standard InChI is InChI=1S/C15H20N4O2S/c1-10(2)19-9-17-18-15(19)22-8-12(16)11-3-4-13-14(7-11)21-6-5-20-13/h3-4,7,9-10,12H,5-6,8,16H2,1-2H3. The Kier molecular flexibility index (Phi) is 4.54. The quantitative estimate of drug-likeness (QED) is 0.853. The minimum atomic E-state index is -0.0989. The molecule has 2 N–H and O–H groups in total. The van der Waals surface area contributed by atoms with Crippen molar-refractivity contribution in [1.29, 1.82) is 0 Å². The lowest BCUT2D eigenvalue weighted by Crippen LogP contribution is -2.17. The smallest absolute Gasteiger partial charge is 0.191 e. The summed E-state index contributed by atoms with van der Waals surface area (Å²) < 4.78 is 13.2. The van der Waals surface area contributed by atoms with Crippen LogP contribution in [0, 0.1) is 0 Å². The maximum Gasteiger partial charge on any atom is 0.191 e. The van der Waals surface area contributed by atoms with Gasteiger partial charge in [0.15, 0.2) is 16.7 Å². The third-order valence-electron chi connectivity index (χ3n) is 3.48. The Morgan fingerprint density at radius 2 is 2.05 bits per heavy atom. The van der Waals surface area contributed by atoms with Gasteiger partial charge in [-0.25, -0.2) is 0 Å². The van der Waals surface area contributed by atoms with Crippen LogP contribution in [0.2, 0.25) is 0 Å². The molecule has 0 radical (unpaired) electrons. The van der Waals surface area contributed by atoms with E-state index >= 15 is 0 Å². The van der Waals surface area contributed by atoms with Gasteiger partial charge in [0.1, 0.15) is 19.5 Å². The van der Waals surface area contributed by atoms with E-state index < -0.39 is 0 Å². The lowest BCUT2D eigenvalue weighted by Gasteiger charge is -2.20. The zero-order chi connectivity index (χ0) is 15.5. The van der Waals surface area contributed by atoms with Gasteiger partial charge >= 0.3 is 0 Å². The van der Waals surface area contributed by atoms with Gasteiger partial charge < -0.3 is 19.8 Å². The summed E-state index contributed by atoms with van der Waals surface area (Å²) in [5, 5.41) is 9.01. The van der Waals surface area contributed by atoms with Crippen molar-refractivity contribution < 1.29 is 9.47 Å². The van der Waals surface area contributed by atoms with Gasteiger partial charge in [-0.3, -0.25) is 0 Å². The molecule has 22 heavy (non-hydrogen) atoms. The van der Waals surface area contributed by atoms with Gasteiger partial charge in [0.2, 0.25) is 0 Å². The van der Waals surface area contributed by atoms with E-state index in [1.165, 1.54) is 0 Å². The van der Waals surface area contributed by atoms with E-state index in [9.17, 15) is 0 Å². The number of rotatable bonds is 5. The molecule has 6 nitrogen and oxygen atoms in total. The summed E-state index contributed by atoms with van der Waals surface area (Å²) in [7, 11) is 0. The highest BCUT2D eigenvalue weighted by Gasteiger charge is 2.16. The Morgan fingerprint density at radius 3 is 2.82 bits per heavy atom. The molecule has 0 amide bonds. The summed E-state index contributed by atoms with van der Waals surface area (Å²) in [5.74, 6) is 2.29. The second-order valence-corrected chi connectivity index (χ2v) is 6.42. The number of hydrogen-bond donors (Lipinski definition) is 1. The van der Waals surface area contributed by atoms with Crippen LogP contribution in [0.5, 0.6) is 11.5 Å². The summed E-state index contributed by atoms with van der Waals surface area (Å²) in [4.78, 5) is 0. The zero-order valence-electron chi connectivity index (χ0n) is 12.7. The minimum Gasteiger partial charge on any atom is -0.486 e. The maximum absolute atomic E-state index is 6.30. The van der Waals surface area contributed by atoms with Crippen molar-refractivity contribution in [3.05, 3.63) is 30.1 Å². The largest absolute Gasteiger partial charge is 0.486 e. The Hall–Kier alpha value is -1.73. The van der Waals surface area contributed by atoms with Crippen LogP contribution in [0.1, 0.15) is 31.5 Å². The van der Waals surface area contributed by atoms with Crippen molar-refractivity contribution in [1.82, 2.24) is 14.8 Å². The highest BCUT2D eigenvalue weighted by molar-refractivity contribution is 7.99. The molecule has 1 aliphatic rings. The van der Waals surface area contributed by atoms with Gasteiger partial charge in [-0.1, -0.05) is 17.8 Å². The first-order chi connectivity index (χ1) is 10.6. The fraction of sp³-hybridized carbons (Fsp3) is 0.467. The molecule has 1 atom stereocenters. The number of fused-ring (bicyclic) bond motifs is 1. The molecule has 118 valence electrons. The van der Waals surface area contributed by atoms with E-state index in [-0.39, 0.29) is 6.04 Å². The zero-order valence-corrected chi connectivity index (χ0v) is 13.5. The SMILES string of the molecule is CC(C)n1cnnc1SCC(N)c1ccc2c(c1)OCCO2. The van der Waals surface area contributed by atoms with Gasteiger partial charge in [-0.05, 0) is 31.5 Å². The van der Waals surface area contributed by atoms with Gasteiger partial charge in [0.05, 0.1) is 0 Å². The van der Waals surface area contributed by atoms with Crippen molar-refractivity contribution in [2.45, 2.75) is 31.1 Å². The molecule has 0 aliphatic carbocycles. The summed E-state index contributed by atoms with van der Waals surface area (Å²) in [6.07, 6.45) is 1.75. The lowest BCUT2D eigenvalue weighted by atomic mass is 10.1. The van der Waals surface area contributed by atoms with E-state index in [0.717, 1.165) is 28.0 Å². The van der Waals surface area contributed by atoms with Crippen LogP contribution in [0.15, 0.2) is 29.7 Å².